The van der Waals surface area contributed by atoms with Gasteiger partial charge < -0.3 is 4.74 Å². The Hall–Kier alpha value is -2.89. The topological polar surface area (TPSA) is 72.7 Å². The van der Waals surface area contributed by atoms with Crippen LogP contribution in [-0.4, -0.2) is 18.1 Å². The zero-order valence-corrected chi connectivity index (χ0v) is 10.7. The van der Waals surface area contributed by atoms with Crippen LogP contribution in [0.15, 0.2) is 54.6 Å². The molecule has 20 heavy (non-hydrogen) atoms. The molecule has 0 aliphatic carbocycles. The first-order valence-electron chi connectivity index (χ1n) is 5.83. The molecule has 0 aromatic heterocycles. The van der Waals surface area contributed by atoms with Gasteiger partial charge >= 0.3 is 6.09 Å². The number of non-ortho nitro benzene ring substituents is 1. The predicted molar refractivity (Wildman–Crippen MR) is 74.0 cm³/mol. The molecule has 0 spiro atoms. The van der Waals surface area contributed by atoms with Crippen molar-refractivity contribution >= 4 is 17.5 Å². The number of nitro benzene ring substituents is 1. The van der Waals surface area contributed by atoms with Crippen LogP contribution in [0.2, 0.25) is 0 Å². The van der Waals surface area contributed by atoms with Crippen molar-refractivity contribution in [2.75, 3.05) is 11.9 Å². The Morgan fingerprint density at radius 3 is 2.25 bits per heavy atom. The maximum absolute atomic E-state index is 11.9. The van der Waals surface area contributed by atoms with Crippen LogP contribution in [0.25, 0.3) is 0 Å². The van der Waals surface area contributed by atoms with Crippen LogP contribution < -0.4 is 9.64 Å². The second kappa shape index (κ2) is 5.83. The highest BCUT2D eigenvalue weighted by molar-refractivity contribution is 5.88. The second-order valence-corrected chi connectivity index (χ2v) is 4.01. The molecule has 1 amide bonds. The molecule has 0 saturated heterocycles. The van der Waals surface area contributed by atoms with Crippen molar-refractivity contribution in [1.29, 1.82) is 0 Å². The summed E-state index contributed by atoms with van der Waals surface area (Å²) in [6.07, 6.45) is -0.565. The number of nitro groups is 1. The summed E-state index contributed by atoms with van der Waals surface area (Å²) in [5.74, 6) is 0.436. The van der Waals surface area contributed by atoms with E-state index in [2.05, 4.69) is 0 Å². The third-order valence-corrected chi connectivity index (χ3v) is 2.67. The number of para-hydroxylation sites is 1. The zero-order valence-electron chi connectivity index (χ0n) is 10.7. The van der Waals surface area contributed by atoms with Gasteiger partial charge in [0, 0.05) is 24.9 Å². The van der Waals surface area contributed by atoms with Crippen LogP contribution in [0.5, 0.6) is 5.75 Å². The standard InChI is InChI=1S/C14H12N2O4/c1-15(11-7-9-12(10-8-11)16(18)19)14(17)20-13-5-3-2-4-6-13/h2-10H,1H3. The van der Waals surface area contributed by atoms with Crippen molar-refractivity contribution in [2.24, 2.45) is 0 Å². The molecular formula is C14H12N2O4. The summed E-state index contributed by atoms with van der Waals surface area (Å²) in [6.45, 7) is 0. The third-order valence-electron chi connectivity index (χ3n) is 2.67. The molecule has 0 N–H and O–H groups in total. The minimum atomic E-state index is -0.565. The fourth-order valence-corrected chi connectivity index (χ4v) is 1.56. The Kier molecular flexibility index (Phi) is 3.95. The molecule has 0 bridgehead atoms. The van der Waals surface area contributed by atoms with E-state index in [0.717, 1.165) is 0 Å². The molecule has 6 heteroatoms. The number of benzene rings is 2. The number of hydrogen-bond acceptors (Lipinski definition) is 4. The highest BCUT2D eigenvalue weighted by Crippen LogP contribution is 2.19. The van der Waals surface area contributed by atoms with Crippen molar-refractivity contribution in [3.8, 4) is 5.75 Å². The minimum absolute atomic E-state index is 0.0291. The van der Waals surface area contributed by atoms with E-state index in [1.165, 1.54) is 36.2 Å². The average Bonchev–Trinajstić information content (AvgIpc) is 2.47. The van der Waals surface area contributed by atoms with Crippen LogP contribution in [0.3, 0.4) is 0 Å². The van der Waals surface area contributed by atoms with E-state index < -0.39 is 11.0 Å². The Balaban J connectivity index is 2.08. The lowest BCUT2D eigenvalue weighted by molar-refractivity contribution is -0.384. The monoisotopic (exact) mass is 272 g/mol. The molecular weight excluding hydrogens is 260 g/mol. The molecule has 0 unspecified atom stereocenters. The second-order valence-electron chi connectivity index (χ2n) is 4.01. The van der Waals surface area contributed by atoms with Crippen molar-refractivity contribution in [2.45, 2.75) is 0 Å². The van der Waals surface area contributed by atoms with E-state index in [1.54, 1.807) is 24.3 Å². The summed E-state index contributed by atoms with van der Waals surface area (Å²) < 4.78 is 5.16. The summed E-state index contributed by atoms with van der Waals surface area (Å²) in [7, 11) is 1.53. The van der Waals surface area contributed by atoms with Crippen LogP contribution in [0, 0.1) is 10.1 Å². The summed E-state index contributed by atoms with van der Waals surface area (Å²) in [4.78, 5) is 23.2. The molecule has 102 valence electrons. The van der Waals surface area contributed by atoms with Crippen LogP contribution in [0.1, 0.15) is 0 Å². The van der Waals surface area contributed by atoms with Crippen molar-refractivity contribution in [1.82, 2.24) is 0 Å². The zero-order chi connectivity index (χ0) is 14.5. The predicted octanol–water partition coefficient (Wildman–Crippen LogP) is 3.23. The number of hydrogen-bond donors (Lipinski definition) is 0. The normalized spacial score (nSPS) is 9.85. The molecule has 0 saturated carbocycles. The van der Waals surface area contributed by atoms with Crippen molar-refractivity contribution in [3.05, 3.63) is 64.7 Å². The number of carbonyl (C=O) groups is 1. The Bertz CT molecular complexity index is 611. The van der Waals surface area contributed by atoms with E-state index in [4.69, 9.17) is 4.74 Å². The number of carbonyl (C=O) groups excluding carboxylic acids is 1. The molecule has 2 rings (SSSR count). The first kappa shape index (κ1) is 13.5. The smallest absolute Gasteiger partial charge is 0.410 e. The molecule has 0 aliphatic rings. The van der Waals surface area contributed by atoms with Gasteiger partial charge in [0.15, 0.2) is 0 Å². The number of rotatable bonds is 3. The van der Waals surface area contributed by atoms with Gasteiger partial charge in [-0.2, -0.15) is 0 Å². The molecule has 0 heterocycles. The summed E-state index contributed by atoms with van der Waals surface area (Å²) in [5, 5.41) is 10.6. The minimum Gasteiger partial charge on any atom is -0.410 e. The maximum Gasteiger partial charge on any atom is 0.419 e. The third kappa shape index (κ3) is 3.11. The van der Waals surface area contributed by atoms with E-state index in [-0.39, 0.29) is 5.69 Å². The lowest BCUT2D eigenvalue weighted by Crippen LogP contribution is -2.29. The van der Waals surface area contributed by atoms with E-state index >= 15 is 0 Å². The molecule has 0 fully saturated rings. The van der Waals surface area contributed by atoms with Gasteiger partial charge in [0.25, 0.3) is 5.69 Å². The van der Waals surface area contributed by atoms with Gasteiger partial charge in [-0.15, -0.1) is 0 Å². The fourth-order valence-electron chi connectivity index (χ4n) is 1.56. The number of nitrogens with zero attached hydrogens (tertiary/aromatic N) is 2. The van der Waals surface area contributed by atoms with Gasteiger partial charge in [-0.1, -0.05) is 18.2 Å². The Labute approximate surface area is 115 Å². The quantitative estimate of drug-likeness (QED) is 0.635. The SMILES string of the molecule is CN(C(=O)Oc1ccccc1)c1ccc([N+](=O)[O-])cc1. The molecule has 2 aromatic carbocycles. The maximum atomic E-state index is 11.9. The van der Waals surface area contributed by atoms with Gasteiger partial charge in [0.2, 0.25) is 0 Å². The van der Waals surface area contributed by atoms with E-state index in [9.17, 15) is 14.9 Å². The molecule has 0 atom stereocenters. The van der Waals surface area contributed by atoms with E-state index in [0.29, 0.717) is 11.4 Å². The first-order chi connectivity index (χ1) is 9.58. The summed E-state index contributed by atoms with van der Waals surface area (Å²) in [6, 6.07) is 14.3. The Morgan fingerprint density at radius 2 is 1.70 bits per heavy atom. The largest absolute Gasteiger partial charge is 0.419 e. The summed E-state index contributed by atoms with van der Waals surface area (Å²) >= 11 is 0. The number of anilines is 1. The first-order valence-corrected chi connectivity index (χ1v) is 5.83. The molecule has 2 aromatic rings. The van der Waals surface area contributed by atoms with Gasteiger partial charge in [0.05, 0.1) is 4.92 Å². The molecule has 6 nitrogen and oxygen atoms in total. The van der Waals surface area contributed by atoms with E-state index in [1.807, 2.05) is 6.07 Å². The van der Waals surface area contributed by atoms with Gasteiger partial charge in [-0.3, -0.25) is 15.0 Å². The number of ether oxygens (including phenoxy) is 1. The molecule has 0 radical (unpaired) electrons. The van der Waals surface area contributed by atoms with Gasteiger partial charge in [0.1, 0.15) is 5.75 Å². The lowest BCUT2D eigenvalue weighted by atomic mass is 10.3. The van der Waals surface area contributed by atoms with Crippen molar-refractivity contribution < 1.29 is 14.5 Å². The average molecular weight is 272 g/mol. The van der Waals surface area contributed by atoms with Gasteiger partial charge in [-0.05, 0) is 24.3 Å². The van der Waals surface area contributed by atoms with Gasteiger partial charge in [-0.25, -0.2) is 4.79 Å². The number of amides is 1. The fraction of sp³-hybridized carbons (Fsp3) is 0.0714. The lowest BCUT2D eigenvalue weighted by Gasteiger charge is -2.16. The summed E-state index contributed by atoms with van der Waals surface area (Å²) in [5.41, 5.74) is 0.482. The highest BCUT2D eigenvalue weighted by Gasteiger charge is 2.14. The highest BCUT2D eigenvalue weighted by atomic mass is 16.6. The Morgan fingerprint density at radius 1 is 1.10 bits per heavy atom. The molecule has 0 aliphatic heterocycles. The van der Waals surface area contributed by atoms with Crippen LogP contribution in [0.4, 0.5) is 16.2 Å². The van der Waals surface area contributed by atoms with Crippen LogP contribution in [-0.2, 0) is 0 Å². The van der Waals surface area contributed by atoms with Crippen LogP contribution >= 0.6 is 0 Å². The van der Waals surface area contributed by atoms with Crippen molar-refractivity contribution in [3.63, 3.8) is 0 Å².